The molecule has 0 radical (unpaired) electrons. The second-order valence-electron chi connectivity index (χ2n) is 18.3. The Bertz CT molecular complexity index is 1620. The molecule has 50 heavy (non-hydrogen) atoms. The number of carbonyl (C=O) groups is 3. The first-order valence-corrected chi connectivity index (χ1v) is 19.0. The number of fused-ring (bicyclic) bond motifs is 7. The van der Waals surface area contributed by atoms with Crippen molar-refractivity contribution in [2.45, 2.75) is 151 Å². The van der Waals surface area contributed by atoms with E-state index >= 15 is 0 Å². The van der Waals surface area contributed by atoms with Crippen molar-refractivity contribution in [1.29, 1.82) is 0 Å². The average Bonchev–Trinajstić information content (AvgIpc) is 3.42. The van der Waals surface area contributed by atoms with Gasteiger partial charge in [0.15, 0.2) is 23.9 Å². The number of amides is 1. The van der Waals surface area contributed by atoms with Crippen molar-refractivity contribution in [1.82, 2.24) is 5.32 Å². The summed E-state index contributed by atoms with van der Waals surface area (Å²) in [6.07, 6.45) is 9.04. The molecule has 4 saturated carbocycles. The number of nitrogens with one attached hydrogen (secondary N) is 1. The third-order valence-electron chi connectivity index (χ3n) is 15.1. The van der Waals surface area contributed by atoms with Crippen LogP contribution in [0.15, 0.2) is 25.3 Å². The van der Waals surface area contributed by atoms with Gasteiger partial charge >= 0.3 is 17.9 Å². The van der Waals surface area contributed by atoms with Crippen molar-refractivity contribution < 1.29 is 37.8 Å². The fourth-order valence-corrected chi connectivity index (χ4v) is 12.0. The molecule has 10 atom stereocenters. The maximum absolute atomic E-state index is 14.8. The van der Waals surface area contributed by atoms with Gasteiger partial charge in [0.05, 0.1) is 17.1 Å². The van der Waals surface area contributed by atoms with Crippen LogP contribution in [0.1, 0.15) is 144 Å². The van der Waals surface area contributed by atoms with Gasteiger partial charge in [-0.05, 0) is 118 Å². The average molecular weight is 698 g/mol. The second kappa shape index (κ2) is 12.4. The van der Waals surface area contributed by atoms with E-state index in [1.165, 1.54) is 5.57 Å². The van der Waals surface area contributed by atoms with Crippen molar-refractivity contribution in [2.75, 3.05) is 6.61 Å². The number of carboxylic acid groups (broad SMARTS) is 1. The predicted molar refractivity (Wildman–Crippen MR) is 186 cm³/mol. The largest absolute Gasteiger partial charge is 0.519 e. The lowest BCUT2D eigenvalue weighted by atomic mass is 9.34. The Balaban J connectivity index is 1.33. The molecule has 0 aromatic carbocycles. The molecule has 5 aliphatic carbocycles. The Morgan fingerprint density at radius 1 is 0.980 bits per heavy atom. The van der Waals surface area contributed by atoms with E-state index in [1.54, 1.807) is 0 Å². The molecule has 0 bridgehead atoms. The van der Waals surface area contributed by atoms with Gasteiger partial charge in [-0.2, -0.15) is 0 Å². The van der Waals surface area contributed by atoms with Crippen molar-refractivity contribution in [3.05, 3.63) is 33.8 Å². The number of hydrogen-bond acceptors (Lipinski definition) is 8. The standard InChI is InChI=1S/C40H59NO9/c1-10-19-47-29-12-13-37(6)28(40(29,9)41-33(45)48-22-27-30(23(2)3)50-34(46)49-27)11-14-39(8)31(37)26(42)20-24-25-21-36(5,32(43)44)16-15-35(25,4)17-18-38(24,39)7/h20,23,25,28-29,31H,10-19,21-22H2,1-9H3,(H,41,45)(H,43,44)/t25-,28?,29-,31+,35+,36-,37-,38+,39+,40-/m0/s1. The molecule has 278 valence electrons. The summed E-state index contributed by atoms with van der Waals surface area (Å²) >= 11 is 0. The van der Waals surface area contributed by atoms with Gasteiger partial charge in [0.1, 0.15) is 0 Å². The highest BCUT2D eigenvalue weighted by Gasteiger charge is 2.71. The highest BCUT2D eigenvalue weighted by molar-refractivity contribution is 5.95. The third kappa shape index (κ3) is 5.44. The fraction of sp³-hybridized carbons (Fsp3) is 0.800. The number of ether oxygens (including phenoxy) is 2. The van der Waals surface area contributed by atoms with E-state index in [1.807, 2.05) is 33.8 Å². The van der Waals surface area contributed by atoms with Crippen LogP contribution in [-0.4, -0.2) is 41.2 Å². The molecule has 0 aliphatic heterocycles. The van der Waals surface area contributed by atoms with Crippen LogP contribution < -0.4 is 11.1 Å². The smallest absolute Gasteiger partial charge is 0.481 e. The lowest BCUT2D eigenvalue weighted by molar-refractivity contribution is -0.197. The summed E-state index contributed by atoms with van der Waals surface area (Å²) in [6.45, 7) is 19.3. The quantitative estimate of drug-likeness (QED) is 0.275. The highest BCUT2D eigenvalue weighted by Crippen LogP contribution is 2.74. The highest BCUT2D eigenvalue weighted by atomic mass is 16.6. The van der Waals surface area contributed by atoms with Crippen LogP contribution in [0, 0.1) is 44.8 Å². The normalized spacial score (nSPS) is 42.4. The molecule has 6 rings (SSSR count). The van der Waals surface area contributed by atoms with E-state index in [0.717, 1.165) is 44.9 Å². The number of ketones is 1. The minimum atomic E-state index is -0.832. The van der Waals surface area contributed by atoms with Crippen LogP contribution in [0.2, 0.25) is 0 Å². The summed E-state index contributed by atoms with van der Waals surface area (Å²) in [7, 11) is 0. The molecule has 10 nitrogen and oxygen atoms in total. The van der Waals surface area contributed by atoms with Crippen LogP contribution in [0.5, 0.6) is 0 Å². The SMILES string of the molecule is CCCO[C@H]1CC[C@@]2(C)C(CC[C@]3(C)[C@@H]2C(=O)C=C2[C@@H]4C[C@@](C)(C(=O)O)CC[C@]4(C)CC[C@]23C)[C@]1(C)NC(=O)OCc1oc(=O)oc1C(C)C. The molecule has 1 amide bonds. The molecular formula is C40H59NO9. The number of alkyl carbamates (subject to hydrolysis) is 1. The van der Waals surface area contributed by atoms with Gasteiger partial charge < -0.3 is 28.7 Å². The van der Waals surface area contributed by atoms with Crippen LogP contribution in [0.3, 0.4) is 0 Å². The van der Waals surface area contributed by atoms with Crippen molar-refractivity contribution in [2.24, 2.45) is 44.8 Å². The summed E-state index contributed by atoms with van der Waals surface area (Å²) < 4.78 is 22.5. The Hall–Kier alpha value is -2.88. The number of rotatable bonds is 8. The number of aliphatic carboxylic acids is 1. The lowest BCUT2D eigenvalue weighted by Crippen LogP contribution is -2.72. The Labute approximate surface area is 296 Å². The minimum Gasteiger partial charge on any atom is -0.481 e. The van der Waals surface area contributed by atoms with E-state index in [-0.39, 0.29) is 64.2 Å². The third-order valence-corrected chi connectivity index (χ3v) is 15.1. The molecular weight excluding hydrogens is 638 g/mol. The Morgan fingerprint density at radius 3 is 2.34 bits per heavy atom. The Morgan fingerprint density at radius 2 is 1.68 bits per heavy atom. The number of carbonyl (C=O) groups excluding carboxylic acids is 2. The number of allylic oxidation sites excluding steroid dienone is 2. The topological polar surface area (TPSA) is 145 Å². The number of hydrogen-bond donors (Lipinski definition) is 2. The van der Waals surface area contributed by atoms with Crippen molar-refractivity contribution >= 4 is 17.8 Å². The van der Waals surface area contributed by atoms with Crippen LogP contribution in [-0.2, 0) is 25.7 Å². The summed E-state index contributed by atoms with van der Waals surface area (Å²) in [5.74, 6) is -1.28. The summed E-state index contributed by atoms with van der Waals surface area (Å²) in [4.78, 5) is 52.8. The van der Waals surface area contributed by atoms with E-state index in [9.17, 15) is 24.3 Å². The second-order valence-corrected chi connectivity index (χ2v) is 18.3. The fourth-order valence-electron chi connectivity index (χ4n) is 12.0. The van der Waals surface area contributed by atoms with Crippen LogP contribution >= 0.6 is 0 Å². The van der Waals surface area contributed by atoms with E-state index in [2.05, 4.69) is 39.9 Å². The molecule has 1 unspecified atom stereocenters. The zero-order valence-corrected chi connectivity index (χ0v) is 31.7. The van der Waals surface area contributed by atoms with Gasteiger partial charge in [-0.1, -0.05) is 54.0 Å². The van der Waals surface area contributed by atoms with Crippen molar-refractivity contribution in [3.8, 4) is 0 Å². The molecule has 4 fully saturated rings. The molecule has 2 N–H and O–H groups in total. The minimum absolute atomic E-state index is 0.0165. The summed E-state index contributed by atoms with van der Waals surface area (Å²) in [5.41, 5.74) is -1.48. The van der Waals surface area contributed by atoms with Gasteiger partial charge in [-0.15, -0.1) is 0 Å². The first-order valence-electron chi connectivity index (χ1n) is 19.0. The van der Waals surface area contributed by atoms with Crippen LogP contribution in [0.4, 0.5) is 4.79 Å². The van der Waals surface area contributed by atoms with Gasteiger partial charge in [-0.25, -0.2) is 9.59 Å². The molecule has 5 aliphatic rings. The van der Waals surface area contributed by atoms with Gasteiger partial charge in [0, 0.05) is 18.4 Å². The predicted octanol–water partition coefficient (Wildman–Crippen LogP) is 8.18. The van der Waals surface area contributed by atoms with Gasteiger partial charge in [-0.3, -0.25) is 9.59 Å². The summed E-state index contributed by atoms with van der Waals surface area (Å²) in [5, 5.41) is 13.5. The maximum atomic E-state index is 14.8. The molecule has 10 heteroatoms. The maximum Gasteiger partial charge on any atom is 0.519 e. The molecule has 1 aromatic rings. The molecule has 0 saturated heterocycles. The number of carboxylic acids is 1. The zero-order valence-electron chi connectivity index (χ0n) is 31.7. The first kappa shape index (κ1) is 36.9. The van der Waals surface area contributed by atoms with E-state index in [0.29, 0.717) is 31.6 Å². The van der Waals surface area contributed by atoms with Gasteiger partial charge in [0.2, 0.25) is 0 Å². The monoisotopic (exact) mass is 697 g/mol. The van der Waals surface area contributed by atoms with Gasteiger partial charge in [0.25, 0.3) is 0 Å². The molecule has 1 heterocycles. The molecule has 1 aromatic heterocycles. The lowest BCUT2D eigenvalue weighted by Gasteiger charge is -2.70. The summed E-state index contributed by atoms with van der Waals surface area (Å²) in [6, 6.07) is 0. The molecule has 0 spiro atoms. The van der Waals surface area contributed by atoms with Crippen LogP contribution in [0.25, 0.3) is 0 Å². The Kier molecular flexibility index (Phi) is 9.13. The van der Waals surface area contributed by atoms with Crippen molar-refractivity contribution in [3.63, 3.8) is 0 Å². The zero-order chi connectivity index (χ0) is 36.7. The van der Waals surface area contributed by atoms with E-state index in [4.69, 9.17) is 18.3 Å². The first-order chi connectivity index (χ1) is 23.3. The van der Waals surface area contributed by atoms with E-state index < -0.39 is 34.3 Å².